The zero-order chi connectivity index (χ0) is 14.8. The molecular formula is C17H26N2O. The number of amides is 1. The molecule has 0 bridgehead atoms. The van der Waals surface area contributed by atoms with E-state index in [2.05, 4.69) is 13.8 Å². The first-order valence-corrected chi connectivity index (χ1v) is 7.67. The number of aryl methyl sites for hydroxylation is 1. The van der Waals surface area contributed by atoms with Crippen LogP contribution in [0.2, 0.25) is 0 Å². The lowest BCUT2D eigenvalue weighted by Crippen LogP contribution is -2.43. The number of carbonyl (C=O) groups excluding carboxylic acids is 1. The number of hydrogen-bond acceptors (Lipinski definition) is 2. The molecule has 2 N–H and O–H groups in total. The second kappa shape index (κ2) is 5.86. The molecule has 0 aliphatic carbocycles. The molecule has 3 heteroatoms. The molecule has 0 radical (unpaired) electrons. The number of rotatable bonds is 3. The van der Waals surface area contributed by atoms with E-state index in [0.29, 0.717) is 16.7 Å². The topological polar surface area (TPSA) is 46.3 Å². The zero-order valence-corrected chi connectivity index (χ0v) is 12.9. The van der Waals surface area contributed by atoms with Gasteiger partial charge in [0.15, 0.2) is 0 Å². The number of likely N-dealkylation sites (tertiary alicyclic amines) is 1. The maximum absolute atomic E-state index is 12.6. The normalized spacial score (nSPS) is 18.1. The predicted octanol–water partition coefficient (Wildman–Crippen LogP) is 3.62. The number of nitrogen functional groups attached to an aromatic ring is 1. The smallest absolute Gasteiger partial charge is 0.255 e. The van der Waals surface area contributed by atoms with E-state index in [-0.39, 0.29) is 5.91 Å². The summed E-state index contributed by atoms with van der Waals surface area (Å²) in [6.07, 6.45) is 4.63. The van der Waals surface area contributed by atoms with Crippen molar-refractivity contribution in [3.05, 3.63) is 29.3 Å². The Kier molecular flexibility index (Phi) is 4.36. The van der Waals surface area contributed by atoms with Crippen LogP contribution in [0, 0.1) is 12.3 Å². The lowest BCUT2D eigenvalue weighted by Gasteiger charge is -2.41. The standard InChI is InChI=1S/C17H26N2O/c1-4-17(5-2)8-10-19(11-9-17)16(20)14-7-6-13(3)12-15(14)18/h6-7,12H,4-5,8-11,18H2,1-3H3. The monoisotopic (exact) mass is 274 g/mol. The number of nitrogens with zero attached hydrogens (tertiary/aromatic N) is 1. The van der Waals surface area contributed by atoms with Gasteiger partial charge in [0.2, 0.25) is 0 Å². The summed E-state index contributed by atoms with van der Waals surface area (Å²) in [4.78, 5) is 14.5. The summed E-state index contributed by atoms with van der Waals surface area (Å²) in [6.45, 7) is 8.22. The number of piperidine rings is 1. The van der Waals surface area contributed by atoms with Crippen LogP contribution >= 0.6 is 0 Å². The molecule has 1 aliphatic heterocycles. The molecule has 2 rings (SSSR count). The van der Waals surface area contributed by atoms with Crippen molar-refractivity contribution in [2.45, 2.75) is 46.5 Å². The summed E-state index contributed by atoms with van der Waals surface area (Å²) in [5.74, 6) is 0.0864. The maximum atomic E-state index is 12.6. The highest BCUT2D eigenvalue weighted by Crippen LogP contribution is 2.38. The fourth-order valence-electron chi connectivity index (χ4n) is 3.19. The number of nitrogens with two attached hydrogens (primary N) is 1. The summed E-state index contributed by atoms with van der Waals surface area (Å²) >= 11 is 0. The van der Waals surface area contributed by atoms with Crippen LogP contribution in [0.4, 0.5) is 5.69 Å². The highest BCUT2D eigenvalue weighted by atomic mass is 16.2. The second-order valence-corrected chi connectivity index (χ2v) is 6.09. The van der Waals surface area contributed by atoms with Crippen molar-refractivity contribution in [3.63, 3.8) is 0 Å². The minimum atomic E-state index is 0.0864. The fourth-order valence-corrected chi connectivity index (χ4v) is 3.19. The second-order valence-electron chi connectivity index (χ2n) is 6.09. The van der Waals surface area contributed by atoms with Gasteiger partial charge in [-0.15, -0.1) is 0 Å². The van der Waals surface area contributed by atoms with E-state index in [4.69, 9.17) is 5.73 Å². The Morgan fingerprint density at radius 3 is 2.35 bits per heavy atom. The number of carbonyl (C=O) groups is 1. The Bertz CT molecular complexity index is 482. The minimum Gasteiger partial charge on any atom is -0.398 e. The van der Waals surface area contributed by atoms with Crippen molar-refractivity contribution in [2.24, 2.45) is 5.41 Å². The number of hydrogen-bond donors (Lipinski definition) is 1. The molecule has 1 saturated heterocycles. The lowest BCUT2D eigenvalue weighted by atomic mass is 9.74. The molecular weight excluding hydrogens is 248 g/mol. The van der Waals surface area contributed by atoms with Crippen molar-refractivity contribution in [3.8, 4) is 0 Å². The molecule has 1 aromatic rings. The van der Waals surface area contributed by atoms with Gasteiger partial charge in [0.25, 0.3) is 5.91 Å². The SMILES string of the molecule is CCC1(CC)CCN(C(=O)c2ccc(C)cc2N)CC1. The average molecular weight is 274 g/mol. The van der Waals surface area contributed by atoms with E-state index in [0.717, 1.165) is 31.5 Å². The van der Waals surface area contributed by atoms with Gasteiger partial charge in [-0.2, -0.15) is 0 Å². The molecule has 20 heavy (non-hydrogen) atoms. The van der Waals surface area contributed by atoms with Crippen LogP contribution in [0.3, 0.4) is 0 Å². The van der Waals surface area contributed by atoms with Crippen molar-refractivity contribution < 1.29 is 4.79 Å². The van der Waals surface area contributed by atoms with Gasteiger partial charge < -0.3 is 10.6 Å². The van der Waals surface area contributed by atoms with Gasteiger partial charge in [-0.05, 0) is 42.9 Å². The highest BCUT2D eigenvalue weighted by molar-refractivity contribution is 5.99. The van der Waals surface area contributed by atoms with E-state index < -0.39 is 0 Å². The van der Waals surface area contributed by atoms with Gasteiger partial charge in [-0.3, -0.25) is 4.79 Å². The Morgan fingerprint density at radius 1 is 1.25 bits per heavy atom. The molecule has 1 aliphatic rings. The molecule has 1 aromatic carbocycles. The Labute approximate surface area is 122 Å². The molecule has 1 fully saturated rings. The zero-order valence-electron chi connectivity index (χ0n) is 12.9. The summed E-state index contributed by atoms with van der Waals surface area (Å²) in [6, 6.07) is 5.68. The van der Waals surface area contributed by atoms with E-state index in [1.165, 1.54) is 12.8 Å². The number of anilines is 1. The van der Waals surface area contributed by atoms with Gasteiger partial charge in [-0.1, -0.05) is 32.8 Å². The first-order chi connectivity index (χ1) is 9.51. The largest absolute Gasteiger partial charge is 0.398 e. The minimum absolute atomic E-state index is 0.0864. The third kappa shape index (κ3) is 2.82. The Balaban J connectivity index is 2.09. The van der Waals surface area contributed by atoms with E-state index in [1.54, 1.807) is 0 Å². The van der Waals surface area contributed by atoms with Crippen LogP contribution in [0.1, 0.15) is 55.5 Å². The van der Waals surface area contributed by atoms with Gasteiger partial charge in [0.1, 0.15) is 0 Å². The van der Waals surface area contributed by atoms with Gasteiger partial charge in [0, 0.05) is 18.8 Å². The van der Waals surface area contributed by atoms with Crippen LogP contribution < -0.4 is 5.73 Å². The lowest BCUT2D eigenvalue weighted by molar-refractivity contribution is 0.0559. The number of benzene rings is 1. The van der Waals surface area contributed by atoms with Gasteiger partial charge in [-0.25, -0.2) is 0 Å². The molecule has 1 amide bonds. The van der Waals surface area contributed by atoms with Crippen LogP contribution in [-0.4, -0.2) is 23.9 Å². The third-order valence-corrected chi connectivity index (χ3v) is 5.05. The van der Waals surface area contributed by atoms with E-state index in [1.807, 2.05) is 30.0 Å². The predicted molar refractivity (Wildman–Crippen MR) is 83.7 cm³/mol. The van der Waals surface area contributed by atoms with Crippen LogP contribution in [0.25, 0.3) is 0 Å². The van der Waals surface area contributed by atoms with Crippen LogP contribution in [0.15, 0.2) is 18.2 Å². The molecule has 0 spiro atoms. The van der Waals surface area contributed by atoms with E-state index >= 15 is 0 Å². The summed E-state index contributed by atoms with van der Waals surface area (Å²) < 4.78 is 0. The molecule has 0 aromatic heterocycles. The molecule has 0 unspecified atom stereocenters. The van der Waals surface area contributed by atoms with Crippen LogP contribution in [-0.2, 0) is 0 Å². The molecule has 3 nitrogen and oxygen atoms in total. The third-order valence-electron chi connectivity index (χ3n) is 5.05. The first-order valence-electron chi connectivity index (χ1n) is 7.67. The maximum Gasteiger partial charge on any atom is 0.255 e. The van der Waals surface area contributed by atoms with Gasteiger partial charge >= 0.3 is 0 Å². The average Bonchev–Trinajstić information content (AvgIpc) is 2.47. The Morgan fingerprint density at radius 2 is 1.85 bits per heavy atom. The molecule has 0 atom stereocenters. The molecule has 110 valence electrons. The van der Waals surface area contributed by atoms with Crippen molar-refractivity contribution in [2.75, 3.05) is 18.8 Å². The summed E-state index contributed by atoms with van der Waals surface area (Å²) in [5, 5.41) is 0. The van der Waals surface area contributed by atoms with Crippen molar-refractivity contribution in [1.82, 2.24) is 4.90 Å². The molecule has 1 heterocycles. The molecule has 0 saturated carbocycles. The van der Waals surface area contributed by atoms with Crippen molar-refractivity contribution in [1.29, 1.82) is 0 Å². The van der Waals surface area contributed by atoms with E-state index in [9.17, 15) is 4.79 Å². The summed E-state index contributed by atoms with van der Waals surface area (Å²) in [5.41, 5.74) is 8.76. The summed E-state index contributed by atoms with van der Waals surface area (Å²) in [7, 11) is 0. The van der Waals surface area contributed by atoms with Crippen LogP contribution in [0.5, 0.6) is 0 Å². The Hall–Kier alpha value is -1.51. The van der Waals surface area contributed by atoms with Crippen molar-refractivity contribution >= 4 is 11.6 Å². The fraction of sp³-hybridized carbons (Fsp3) is 0.588. The highest BCUT2D eigenvalue weighted by Gasteiger charge is 2.33. The quantitative estimate of drug-likeness (QED) is 0.856. The van der Waals surface area contributed by atoms with Gasteiger partial charge in [0.05, 0.1) is 5.56 Å². The first kappa shape index (κ1) is 14.9.